The zero-order chi connectivity index (χ0) is 13.9. The topological polar surface area (TPSA) is 51.8 Å². The van der Waals surface area contributed by atoms with Gasteiger partial charge in [0, 0.05) is 23.8 Å². The highest BCUT2D eigenvalue weighted by Gasteiger charge is 2.33. The van der Waals surface area contributed by atoms with E-state index in [0.29, 0.717) is 5.16 Å². The summed E-state index contributed by atoms with van der Waals surface area (Å²) in [5.74, 6) is 0.138. The molecule has 2 rings (SSSR count). The first kappa shape index (κ1) is 13.7. The van der Waals surface area contributed by atoms with E-state index in [0.717, 1.165) is 17.8 Å². The van der Waals surface area contributed by atoms with E-state index in [1.165, 1.54) is 12.1 Å². The number of benzene rings is 1. The van der Waals surface area contributed by atoms with Crippen LogP contribution in [-0.4, -0.2) is 9.97 Å². The number of nitrogen functional groups attached to an aromatic ring is 1. The average molecular weight is 285 g/mol. The highest BCUT2D eigenvalue weighted by atomic mass is 32.2. The molecule has 2 N–H and O–H groups in total. The molecule has 0 radical (unpaired) electrons. The Morgan fingerprint density at radius 1 is 1.16 bits per heavy atom. The van der Waals surface area contributed by atoms with Crippen LogP contribution in [-0.2, 0) is 11.9 Å². The molecule has 0 aliphatic rings. The summed E-state index contributed by atoms with van der Waals surface area (Å²) in [6.45, 7) is 0. The molecule has 2 aromatic rings. The third-order valence-electron chi connectivity index (χ3n) is 2.34. The summed E-state index contributed by atoms with van der Waals surface area (Å²) >= 11 is 1.15. The van der Waals surface area contributed by atoms with E-state index in [1.54, 1.807) is 18.5 Å². The third kappa shape index (κ3) is 3.60. The molecule has 1 heterocycles. The second kappa shape index (κ2) is 5.48. The first-order chi connectivity index (χ1) is 8.97. The van der Waals surface area contributed by atoms with Gasteiger partial charge >= 0.3 is 6.18 Å². The minimum Gasteiger partial charge on any atom is -0.399 e. The third-order valence-corrected chi connectivity index (χ3v) is 3.26. The molecule has 1 aromatic heterocycles. The molecule has 0 spiro atoms. The Kier molecular flexibility index (Phi) is 3.94. The molecule has 0 saturated heterocycles. The predicted molar refractivity (Wildman–Crippen MR) is 67.4 cm³/mol. The van der Waals surface area contributed by atoms with Crippen LogP contribution in [0.1, 0.15) is 11.1 Å². The zero-order valence-corrected chi connectivity index (χ0v) is 10.5. The van der Waals surface area contributed by atoms with Crippen molar-refractivity contribution in [2.24, 2.45) is 0 Å². The van der Waals surface area contributed by atoms with Crippen LogP contribution in [0.5, 0.6) is 0 Å². The van der Waals surface area contributed by atoms with Gasteiger partial charge in [0.15, 0.2) is 5.16 Å². The summed E-state index contributed by atoms with van der Waals surface area (Å²) < 4.78 is 38.6. The van der Waals surface area contributed by atoms with Crippen LogP contribution in [0, 0.1) is 0 Å². The van der Waals surface area contributed by atoms with Crippen LogP contribution >= 0.6 is 11.8 Å². The van der Waals surface area contributed by atoms with Gasteiger partial charge in [-0.15, -0.1) is 0 Å². The molecule has 1 aromatic carbocycles. The number of nitrogens with zero attached hydrogens (tertiary/aromatic N) is 2. The minimum absolute atomic E-state index is 0.0945. The van der Waals surface area contributed by atoms with E-state index in [2.05, 4.69) is 9.97 Å². The number of nitrogens with two attached hydrogens (primary N) is 1. The highest BCUT2D eigenvalue weighted by Crippen LogP contribution is 2.35. The molecule has 0 amide bonds. The van der Waals surface area contributed by atoms with E-state index in [-0.39, 0.29) is 17.0 Å². The number of anilines is 1. The van der Waals surface area contributed by atoms with E-state index >= 15 is 0 Å². The van der Waals surface area contributed by atoms with Gasteiger partial charge in [-0.3, -0.25) is 0 Å². The second-order valence-corrected chi connectivity index (χ2v) is 4.68. The van der Waals surface area contributed by atoms with Gasteiger partial charge in [-0.1, -0.05) is 17.8 Å². The van der Waals surface area contributed by atoms with Gasteiger partial charge in [0.2, 0.25) is 0 Å². The van der Waals surface area contributed by atoms with Gasteiger partial charge < -0.3 is 5.73 Å². The van der Waals surface area contributed by atoms with Crippen LogP contribution < -0.4 is 5.73 Å². The lowest BCUT2D eigenvalue weighted by molar-refractivity contribution is -0.138. The maximum absolute atomic E-state index is 12.9. The molecular weight excluding hydrogens is 275 g/mol. The Bertz CT molecular complexity index is 558. The zero-order valence-electron chi connectivity index (χ0n) is 9.69. The molecule has 0 unspecified atom stereocenters. The molecule has 3 nitrogen and oxygen atoms in total. The van der Waals surface area contributed by atoms with Crippen molar-refractivity contribution >= 4 is 17.4 Å². The Morgan fingerprint density at radius 2 is 1.84 bits per heavy atom. The Morgan fingerprint density at radius 3 is 2.47 bits per heavy atom. The molecule has 0 saturated carbocycles. The largest absolute Gasteiger partial charge is 0.416 e. The van der Waals surface area contributed by atoms with Crippen molar-refractivity contribution in [3.05, 3.63) is 47.8 Å². The number of aromatic nitrogens is 2. The fourth-order valence-corrected chi connectivity index (χ4v) is 2.29. The van der Waals surface area contributed by atoms with Crippen LogP contribution in [0.15, 0.2) is 41.8 Å². The van der Waals surface area contributed by atoms with Crippen molar-refractivity contribution in [1.29, 1.82) is 0 Å². The molecule has 0 atom stereocenters. The maximum atomic E-state index is 12.9. The minimum atomic E-state index is -4.41. The smallest absolute Gasteiger partial charge is 0.399 e. The van der Waals surface area contributed by atoms with Gasteiger partial charge in [-0.25, -0.2) is 9.97 Å². The van der Waals surface area contributed by atoms with E-state index in [9.17, 15) is 13.2 Å². The second-order valence-electron chi connectivity index (χ2n) is 3.73. The van der Waals surface area contributed by atoms with Crippen molar-refractivity contribution in [2.45, 2.75) is 17.1 Å². The molecule has 0 aliphatic heterocycles. The standard InChI is InChI=1S/C12H10F3N3S/c13-12(14,15)10-6-9(16)3-2-8(10)7-19-11-17-4-1-5-18-11/h1-6H,7,16H2. The number of thioether (sulfide) groups is 1. The molecular formula is C12H10F3N3S. The number of rotatable bonds is 3. The summed E-state index contributed by atoms with van der Waals surface area (Å²) in [4.78, 5) is 7.90. The van der Waals surface area contributed by atoms with Crippen molar-refractivity contribution < 1.29 is 13.2 Å². The summed E-state index contributed by atoms with van der Waals surface area (Å²) in [5.41, 5.74) is 4.95. The highest BCUT2D eigenvalue weighted by molar-refractivity contribution is 7.98. The van der Waals surface area contributed by atoms with Crippen molar-refractivity contribution in [3.63, 3.8) is 0 Å². The van der Waals surface area contributed by atoms with E-state index in [4.69, 9.17) is 5.73 Å². The molecule has 0 aliphatic carbocycles. The Balaban J connectivity index is 2.21. The van der Waals surface area contributed by atoms with Gasteiger partial charge in [-0.2, -0.15) is 13.2 Å². The van der Waals surface area contributed by atoms with Crippen LogP contribution in [0.4, 0.5) is 18.9 Å². The van der Waals surface area contributed by atoms with Crippen molar-refractivity contribution in [2.75, 3.05) is 5.73 Å². The predicted octanol–water partition coefficient (Wildman–Crippen LogP) is 3.37. The van der Waals surface area contributed by atoms with Crippen molar-refractivity contribution in [3.8, 4) is 0 Å². The first-order valence-electron chi connectivity index (χ1n) is 5.32. The summed E-state index contributed by atoms with van der Waals surface area (Å²) in [6, 6.07) is 5.43. The number of hydrogen-bond acceptors (Lipinski definition) is 4. The quantitative estimate of drug-likeness (QED) is 0.533. The summed E-state index contributed by atoms with van der Waals surface area (Å²) in [5, 5.41) is 0.437. The lowest BCUT2D eigenvalue weighted by Crippen LogP contribution is -2.09. The lowest BCUT2D eigenvalue weighted by atomic mass is 10.1. The Labute approximate surface area is 112 Å². The maximum Gasteiger partial charge on any atom is 0.416 e. The monoisotopic (exact) mass is 285 g/mol. The van der Waals surface area contributed by atoms with Gasteiger partial charge in [-0.05, 0) is 23.8 Å². The first-order valence-corrected chi connectivity index (χ1v) is 6.31. The molecule has 100 valence electrons. The molecule has 19 heavy (non-hydrogen) atoms. The number of halogens is 3. The Hall–Kier alpha value is -1.76. The SMILES string of the molecule is Nc1ccc(CSc2ncccn2)c(C(F)(F)F)c1. The van der Waals surface area contributed by atoms with Gasteiger partial charge in [0.1, 0.15) is 0 Å². The van der Waals surface area contributed by atoms with Crippen molar-refractivity contribution in [1.82, 2.24) is 9.97 Å². The molecule has 7 heteroatoms. The number of hydrogen-bond donors (Lipinski definition) is 1. The van der Waals surface area contributed by atoms with Crippen LogP contribution in [0.25, 0.3) is 0 Å². The van der Waals surface area contributed by atoms with Crippen LogP contribution in [0.3, 0.4) is 0 Å². The normalized spacial score (nSPS) is 11.5. The molecule has 0 fully saturated rings. The van der Waals surface area contributed by atoms with E-state index < -0.39 is 11.7 Å². The number of alkyl halides is 3. The average Bonchev–Trinajstić information content (AvgIpc) is 2.37. The lowest BCUT2D eigenvalue weighted by Gasteiger charge is -2.13. The van der Waals surface area contributed by atoms with Gasteiger partial charge in [0.05, 0.1) is 5.56 Å². The van der Waals surface area contributed by atoms with Crippen LogP contribution in [0.2, 0.25) is 0 Å². The summed E-state index contributed by atoms with van der Waals surface area (Å²) in [6.07, 6.45) is -1.32. The van der Waals surface area contributed by atoms with Gasteiger partial charge in [0.25, 0.3) is 0 Å². The summed E-state index contributed by atoms with van der Waals surface area (Å²) in [7, 11) is 0. The van der Waals surface area contributed by atoms with E-state index in [1.807, 2.05) is 0 Å². The fraction of sp³-hybridized carbons (Fsp3) is 0.167. The molecule has 0 bridgehead atoms. The fourth-order valence-electron chi connectivity index (χ4n) is 1.49.